The van der Waals surface area contributed by atoms with Crippen LogP contribution in [0, 0.1) is 12.8 Å². The maximum atomic E-state index is 13.3. The lowest BCUT2D eigenvalue weighted by atomic mass is 9.98. The van der Waals surface area contributed by atoms with E-state index in [9.17, 15) is 19.2 Å². The Balaban J connectivity index is 1.40. The van der Waals surface area contributed by atoms with Crippen LogP contribution >= 0.6 is 0 Å². The Labute approximate surface area is 217 Å². The topological polar surface area (TPSA) is 105 Å². The first-order chi connectivity index (χ1) is 17.8. The zero-order valence-corrected chi connectivity index (χ0v) is 21.8. The van der Waals surface area contributed by atoms with Crippen molar-refractivity contribution < 1.29 is 23.9 Å². The molecule has 0 spiro atoms. The molecule has 2 aromatic rings. The second-order valence-corrected chi connectivity index (χ2v) is 9.74. The minimum atomic E-state index is -0.425. The number of carbonyl (C=O) groups excluding carboxylic acids is 4. The van der Waals surface area contributed by atoms with Crippen LogP contribution in [0.4, 0.5) is 0 Å². The number of likely N-dealkylation sites (tertiary alicyclic amines) is 1. The molecule has 1 aromatic heterocycles. The summed E-state index contributed by atoms with van der Waals surface area (Å²) in [6.45, 7) is 6.43. The average molecular weight is 510 g/mol. The molecule has 1 aromatic carbocycles. The van der Waals surface area contributed by atoms with Crippen molar-refractivity contribution in [2.75, 3.05) is 39.8 Å². The molecule has 2 aliphatic heterocycles. The third-order valence-electron chi connectivity index (χ3n) is 7.04. The molecule has 3 amide bonds. The number of aryl methyl sites for hydroxylation is 2. The van der Waals surface area contributed by atoms with Gasteiger partial charge in [-0.15, -0.1) is 0 Å². The number of fused-ring (bicyclic) bond motifs is 1. The highest BCUT2D eigenvalue weighted by Crippen LogP contribution is 2.20. The number of benzene rings is 1. The minimum absolute atomic E-state index is 0.135. The van der Waals surface area contributed by atoms with Crippen molar-refractivity contribution in [2.24, 2.45) is 5.92 Å². The summed E-state index contributed by atoms with van der Waals surface area (Å²) in [7, 11) is 1.55. The maximum absolute atomic E-state index is 13.3. The van der Waals surface area contributed by atoms with E-state index in [-0.39, 0.29) is 35.9 Å². The highest BCUT2D eigenvalue weighted by atomic mass is 16.5. The molecule has 0 N–H and O–H groups in total. The number of hydrogen-bond donors (Lipinski definition) is 0. The molecular weight excluding hydrogens is 474 g/mol. The number of esters is 1. The van der Waals surface area contributed by atoms with Gasteiger partial charge in [0.25, 0.3) is 11.8 Å². The molecule has 37 heavy (non-hydrogen) atoms. The molecule has 2 aliphatic rings. The number of aromatic nitrogens is 2. The van der Waals surface area contributed by atoms with E-state index in [1.54, 1.807) is 28.5 Å². The lowest BCUT2D eigenvalue weighted by Crippen LogP contribution is -2.47. The summed E-state index contributed by atoms with van der Waals surface area (Å²) >= 11 is 0. The molecule has 0 saturated carbocycles. The first kappa shape index (κ1) is 26.4. The number of nitrogens with zero attached hydrogens (tertiary/aromatic N) is 5. The fourth-order valence-electron chi connectivity index (χ4n) is 4.91. The first-order valence-corrected chi connectivity index (χ1v) is 12.9. The molecule has 3 heterocycles. The fraction of sp³-hybridized carbons (Fsp3) is 0.519. The Morgan fingerprint density at radius 1 is 1.14 bits per heavy atom. The van der Waals surface area contributed by atoms with Crippen LogP contribution in [-0.2, 0) is 27.4 Å². The Morgan fingerprint density at radius 3 is 2.68 bits per heavy atom. The Morgan fingerprint density at radius 2 is 1.92 bits per heavy atom. The molecule has 1 unspecified atom stereocenters. The lowest BCUT2D eigenvalue weighted by molar-refractivity contribution is -0.151. The van der Waals surface area contributed by atoms with Crippen molar-refractivity contribution >= 4 is 23.7 Å². The van der Waals surface area contributed by atoms with Crippen LogP contribution in [0.15, 0.2) is 30.3 Å². The number of piperidine rings is 1. The highest BCUT2D eigenvalue weighted by Gasteiger charge is 2.31. The molecule has 1 atom stereocenters. The summed E-state index contributed by atoms with van der Waals surface area (Å²) in [6, 6.07) is 9.50. The SMILES string of the molecule is CCOC(=O)C1CCCN(C(=O)CN(C)C(=O)c2cc3n(n2)CCCN(Cc2ccccc2C)C3=O)C1. The monoisotopic (exact) mass is 509 g/mol. The van der Waals surface area contributed by atoms with Gasteiger partial charge < -0.3 is 19.4 Å². The Hall–Kier alpha value is -3.69. The summed E-state index contributed by atoms with van der Waals surface area (Å²) in [6.07, 6.45) is 2.12. The molecular formula is C27H35N5O5. The highest BCUT2D eigenvalue weighted by molar-refractivity contribution is 5.99. The Kier molecular flexibility index (Phi) is 8.25. The van der Waals surface area contributed by atoms with E-state index >= 15 is 0 Å². The molecule has 0 radical (unpaired) electrons. The number of ether oxygens (including phenoxy) is 1. The summed E-state index contributed by atoms with van der Waals surface area (Å²) in [4.78, 5) is 56.2. The Bertz CT molecular complexity index is 1180. The third-order valence-corrected chi connectivity index (χ3v) is 7.04. The van der Waals surface area contributed by atoms with Gasteiger partial charge >= 0.3 is 5.97 Å². The van der Waals surface area contributed by atoms with Crippen molar-refractivity contribution in [1.82, 2.24) is 24.5 Å². The summed E-state index contributed by atoms with van der Waals surface area (Å²) in [5.41, 5.74) is 2.72. The smallest absolute Gasteiger partial charge is 0.310 e. The molecule has 10 nitrogen and oxygen atoms in total. The standard InChI is InChI=1S/C27H35N5O5/c1-4-37-27(36)21-11-7-12-30(17-21)24(33)18-29(3)25(34)22-15-23-26(35)31(13-8-14-32(23)28-22)16-20-10-6-5-9-19(20)2/h5-6,9-10,15,21H,4,7-8,11-14,16-18H2,1-3H3. The molecule has 10 heteroatoms. The zero-order chi connectivity index (χ0) is 26.5. The second kappa shape index (κ2) is 11.6. The molecule has 0 bridgehead atoms. The van der Waals surface area contributed by atoms with Crippen molar-refractivity contribution in [3.8, 4) is 0 Å². The van der Waals surface area contributed by atoms with E-state index in [2.05, 4.69) is 5.10 Å². The van der Waals surface area contributed by atoms with Crippen LogP contribution in [0.25, 0.3) is 0 Å². The van der Waals surface area contributed by atoms with E-state index in [1.165, 1.54) is 11.0 Å². The van der Waals surface area contributed by atoms with Gasteiger partial charge in [0.2, 0.25) is 5.91 Å². The van der Waals surface area contributed by atoms with Crippen LogP contribution in [0.1, 0.15) is 58.3 Å². The van der Waals surface area contributed by atoms with Gasteiger partial charge in [-0.3, -0.25) is 23.9 Å². The van der Waals surface area contributed by atoms with Crippen molar-refractivity contribution in [3.05, 3.63) is 52.8 Å². The van der Waals surface area contributed by atoms with E-state index in [1.807, 2.05) is 31.2 Å². The van der Waals surface area contributed by atoms with Gasteiger partial charge in [0.05, 0.1) is 19.1 Å². The lowest BCUT2D eigenvalue weighted by Gasteiger charge is -2.32. The number of rotatable bonds is 7. The van der Waals surface area contributed by atoms with Gasteiger partial charge in [-0.1, -0.05) is 24.3 Å². The number of hydrogen-bond acceptors (Lipinski definition) is 6. The largest absolute Gasteiger partial charge is 0.466 e. The number of carbonyl (C=O) groups is 4. The van der Waals surface area contributed by atoms with E-state index in [4.69, 9.17) is 4.74 Å². The normalized spacial score (nSPS) is 17.7. The first-order valence-electron chi connectivity index (χ1n) is 12.9. The average Bonchev–Trinajstić information content (AvgIpc) is 3.26. The summed E-state index contributed by atoms with van der Waals surface area (Å²) < 4.78 is 6.70. The maximum Gasteiger partial charge on any atom is 0.310 e. The van der Waals surface area contributed by atoms with Crippen molar-refractivity contribution in [3.63, 3.8) is 0 Å². The zero-order valence-electron chi connectivity index (χ0n) is 21.8. The van der Waals surface area contributed by atoms with Crippen LogP contribution in [0.2, 0.25) is 0 Å². The molecule has 0 aliphatic carbocycles. The third kappa shape index (κ3) is 6.00. The van der Waals surface area contributed by atoms with Crippen LogP contribution in [0.5, 0.6) is 0 Å². The molecule has 198 valence electrons. The summed E-state index contributed by atoms with van der Waals surface area (Å²) in [5, 5.41) is 4.41. The minimum Gasteiger partial charge on any atom is -0.466 e. The van der Waals surface area contributed by atoms with Gasteiger partial charge in [-0.2, -0.15) is 5.10 Å². The van der Waals surface area contributed by atoms with Crippen LogP contribution < -0.4 is 0 Å². The van der Waals surface area contributed by atoms with Gasteiger partial charge in [-0.05, 0) is 44.2 Å². The van der Waals surface area contributed by atoms with Gasteiger partial charge in [0.1, 0.15) is 5.69 Å². The summed E-state index contributed by atoms with van der Waals surface area (Å²) in [5.74, 6) is -1.44. The van der Waals surface area contributed by atoms with Crippen LogP contribution in [-0.4, -0.2) is 88.0 Å². The fourth-order valence-corrected chi connectivity index (χ4v) is 4.91. The van der Waals surface area contributed by atoms with Gasteiger partial charge in [0, 0.05) is 45.8 Å². The van der Waals surface area contributed by atoms with E-state index < -0.39 is 5.91 Å². The van der Waals surface area contributed by atoms with Gasteiger partial charge in [0.15, 0.2) is 5.69 Å². The number of amides is 3. The predicted molar refractivity (Wildman–Crippen MR) is 136 cm³/mol. The van der Waals surface area contributed by atoms with Gasteiger partial charge in [-0.25, -0.2) is 0 Å². The van der Waals surface area contributed by atoms with Crippen LogP contribution in [0.3, 0.4) is 0 Å². The molecule has 1 fully saturated rings. The molecule has 4 rings (SSSR count). The van der Waals surface area contributed by atoms with Crippen molar-refractivity contribution in [1.29, 1.82) is 0 Å². The second-order valence-electron chi connectivity index (χ2n) is 9.74. The van der Waals surface area contributed by atoms with Crippen molar-refractivity contribution in [2.45, 2.75) is 46.2 Å². The van der Waals surface area contributed by atoms with E-state index in [0.717, 1.165) is 17.5 Å². The van der Waals surface area contributed by atoms with E-state index in [0.29, 0.717) is 57.9 Å². The number of likely N-dealkylation sites (N-methyl/N-ethyl adjacent to an activating group) is 1. The predicted octanol–water partition coefficient (Wildman–Crippen LogP) is 2.11. The quantitative estimate of drug-likeness (QED) is 0.530. The molecule has 1 saturated heterocycles.